The molecule has 0 saturated heterocycles. The summed E-state index contributed by atoms with van der Waals surface area (Å²) in [7, 11) is 5.19. The Morgan fingerprint density at radius 3 is 2.27 bits per heavy atom. The molecule has 5 nitrogen and oxygen atoms in total. The summed E-state index contributed by atoms with van der Waals surface area (Å²) in [6, 6.07) is 0.385. The van der Waals surface area contributed by atoms with Gasteiger partial charge in [-0.1, -0.05) is 0 Å². The predicted molar refractivity (Wildman–Crippen MR) is 57.4 cm³/mol. The Kier molecular flexibility index (Phi) is 4.08. The van der Waals surface area contributed by atoms with Crippen molar-refractivity contribution in [2.24, 2.45) is 0 Å². The second kappa shape index (κ2) is 5.11. The number of hydrogen-bond acceptors (Lipinski definition) is 3. The van der Waals surface area contributed by atoms with Crippen molar-refractivity contribution in [2.45, 2.75) is 18.9 Å². The Morgan fingerprint density at radius 1 is 1.20 bits per heavy atom. The van der Waals surface area contributed by atoms with Gasteiger partial charge in [0.25, 0.3) is 0 Å². The molecule has 86 valence electrons. The van der Waals surface area contributed by atoms with Crippen LogP contribution in [0.15, 0.2) is 0 Å². The number of rotatable bonds is 5. The van der Waals surface area contributed by atoms with Gasteiger partial charge in [-0.2, -0.15) is 0 Å². The molecule has 1 aliphatic rings. The lowest BCUT2D eigenvalue weighted by atomic mass is 10.4. The van der Waals surface area contributed by atoms with Crippen LogP contribution in [0, 0.1) is 0 Å². The average Bonchev–Trinajstić information content (AvgIpc) is 2.86. The zero-order valence-electron chi connectivity index (χ0n) is 9.62. The van der Waals surface area contributed by atoms with E-state index < -0.39 is 0 Å². The SMILES string of the molecule is CN(CC(=O)NC1CC1)CC(=O)N(C)C. The molecule has 0 spiro atoms. The van der Waals surface area contributed by atoms with Gasteiger partial charge in [0.05, 0.1) is 13.1 Å². The number of carbonyl (C=O) groups excluding carboxylic acids is 2. The summed E-state index contributed by atoms with van der Waals surface area (Å²) in [5, 5.41) is 2.88. The van der Waals surface area contributed by atoms with Crippen LogP contribution in [-0.2, 0) is 9.59 Å². The first-order chi connectivity index (χ1) is 6.99. The molecule has 1 saturated carbocycles. The van der Waals surface area contributed by atoms with Gasteiger partial charge in [-0.05, 0) is 19.9 Å². The van der Waals surface area contributed by atoms with Crippen molar-refractivity contribution in [1.29, 1.82) is 0 Å². The van der Waals surface area contributed by atoms with Crippen molar-refractivity contribution in [3.8, 4) is 0 Å². The molecule has 0 bridgehead atoms. The molecule has 0 atom stereocenters. The first-order valence-corrected chi connectivity index (χ1v) is 5.17. The monoisotopic (exact) mass is 213 g/mol. The van der Waals surface area contributed by atoms with Gasteiger partial charge >= 0.3 is 0 Å². The highest BCUT2D eigenvalue weighted by Gasteiger charge is 2.23. The molecule has 5 heteroatoms. The third-order valence-electron chi connectivity index (χ3n) is 2.26. The van der Waals surface area contributed by atoms with Gasteiger partial charge in [-0.3, -0.25) is 14.5 Å². The van der Waals surface area contributed by atoms with E-state index >= 15 is 0 Å². The molecule has 0 aromatic rings. The Hall–Kier alpha value is -1.10. The molecule has 1 rings (SSSR count). The summed E-state index contributed by atoms with van der Waals surface area (Å²) >= 11 is 0. The standard InChI is InChI=1S/C10H19N3O2/c1-12(2)10(15)7-13(3)6-9(14)11-8-4-5-8/h8H,4-7H2,1-3H3,(H,11,14). The summed E-state index contributed by atoms with van der Waals surface area (Å²) in [6.07, 6.45) is 2.18. The van der Waals surface area contributed by atoms with Crippen molar-refractivity contribution in [2.75, 3.05) is 34.2 Å². The van der Waals surface area contributed by atoms with Crippen LogP contribution in [0.25, 0.3) is 0 Å². The van der Waals surface area contributed by atoms with Crippen LogP contribution in [0.5, 0.6) is 0 Å². The van der Waals surface area contributed by atoms with E-state index in [1.165, 1.54) is 4.90 Å². The van der Waals surface area contributed by atoms with Gasteiger partial charge in [-0.15, -0.1) is 0 Å². The molecular formula is C10H19N3O2. The molecule has 0 heterocycles. The number of nitrogens with zero attached hydrogens (tertiary/aromatic N) is 2. The zero-order chi connectivity index (χ0) is 11.4. The molecule has 1 fully saturated rings. The number of likely N-dealkylation sites (N-methyl/N-ethyl adjacent to an activating group) is 2. The highest BCUT2D eigenvalue weighted by Crippen LogP contribution is 2.18. The Morgan fingerprint density at radius 2 is 1.80 bits per heavy atom. The predicted octanol–water partition coefficient (Wildman–Crippen LogP) is -0.715. The second-order valence-electron chi connectivity index (χ2n) is 4.30. The topological polar surface area (TPSA) is 52.7 Å². The van der Waals surface area contributed by atoms with Gasteiger partial charge in [0, 0.05) is 20.1 Å². The average molecular weight is 213 g/mol. The van der Waals surface area contributed by atoms with Crippen molar-refractivity contribution < 1.29 is 9.59 Å². The van der Waals surface area contributed by atoms with Crippen LogP contribution >= 0.6 is 0 Å². The Balaban J connectivity index is 2.18. The summed E-state index contributed by atoms with van der Waals surface area (Å²) in [6.45, 7) is 0.571. The van der Waals surface area contributed by atoms with Crippen LogP contribution in [0.1, 0.15) is 12.8 Å². The largest absolute Gasteiger partial charge is 0.352 e. The van der Waals surface area contributed by atoms with E-state index in [0.29, 0.717) is 6.04 Å². The smallest absolute Gasteiger partial charge is 0.236 e. The molecule has 15 heavy (non-hydrogen) atoms. The summed E-state index contributed by atoms with van der Waals surface area (Å²) < 4.78 is 0. The zero-order valence-corrected chi connectivity index (χ0v) is 9.62. The molecule has 0 aromatic heterocycles. The molecule has 0 aromatic carbocycles. The van der Waals surface area contributed by atoms with E-state index in [9.17, 15) is 9.59 Å². The first kappa shape index (κ1) is 12.0. The minimum Gasteiger partial charge on any atom is -0.352 e. The number of nitrogens with one attached hydrogen (secondary N) is 1. The van der Waals surface area contributed by atoms with Crippen molar-refractivity contribution in [3.63, 3.8) is 0 Å². The van der Waals surface area contributed by atoms with Gasteiger partial charge < -0.3 is 10.2 Å². The fourth-order valence-electron chi connectivity index (χ4n) is 1.17. The lowest BCUT2D eigenvalue weighted by Gasteiger charge is -2.18. The van der Waals surface area contributed by atoms with Crippen molar-refractivity contribution >= 4 is 11.8 Å². The quantitative estimate of drug-likeness (QED) is 0.656. The first-order valence-electron chi connectivity index (χ1n) is 5.17. The van der Waals surface area contributed by atoms with Crippen LogP contribution in [-0.4, -0.2) is 61.9 Å². The van der Waals surface area contributed by atoms with Gasteiger partial charge in [0.15, 0.2) is 0 Å². The van der Waals surface area contributed by atoms with E-state index in [4.69, 9.17) is 0 Å². The lowest BCUT2D eigenvalue weighted by molar-refractivity contribution is -0.130. The van der Waals surface area contributed by atoms with Crippen LogP contribution in [0.3, 0.4) is 0 Å². The van der Waals surface area contributed by atoms with Gasteiger partial charge in [-0.25, -0.2) is 0 Å². The lowest BCUT2D eigenvalue weighted by Crippen LogP contribution is -2.41. The van der Waals surface area contributed by atoms with Crippen LogP contribution < -0.4 is 5.32 Å². The molecule has 0 aliphatic heterocycles. The maximum Gasteiger partial charge on any atom is 0.236 e. The summed E-state index contributed by atoms with van der Waals surface area (Å²) in [5.74, 6) is 0.0169. The Labute approximate surface area is 90.4 Å². The Bertz CT molecular complexity index is 249. The highest BCUT2D eigenvalue weighted by molar-refractivity contribution is 5.81. The van der Waals surface area contributed by atoms with E-state index in [-0.39, 0.29) is 24.9 Å². The summed E-state index contributed by atoms with van der Waals surface area (Å²) in [4.78, 5) is 25.9. The molecular weight excluding hydrogens is 194 g/mol. The fourth-order valence-corrected chi connectivity index (χ4v) is 1.17. The maximum atomic E-state index is 11.4. The van der Waals surface area contributed by atoms with E-state index in [1.54, 1.807) is 26.0 Å². The van der Waals surface area contributed by atoms with Crippen LogP contribution in [0.2, 0.25) is 0 Å². The third-order valence-corrected chi connectivity index (χ3v) is 2.26. The molecule has 2 amide bonds. The molecule has 0 radical (unpaired) electrons. The highest BCUT2D eigenvalue weighted by atomic mass is 16.2. The number of carbonyl (C=O) groups is 2. The molecule has 1 N–H and O–H groups in total. The van der Waals surface area contributed by atoms with E-state index in [1.807, 2.05) is 0 Å². The third kappa shape index (κ3) is 4.78. The van der Waals surface area contributed by atoms with Gasteiger partial charge in [0.2, 0.25) is 11.8 Å². The minimum absolute atomic E-state index is 0.00607. The van der Waals surface area contributed by atoms with Crippen LogP contribution in [0.4, 0.5) is 0 Å². The molecule has 0 unspecified atom stereocenters. The number of hydrogen-bond donors (Lipinski definition) is 1. The van der Waals surface area contributed by atoms with E-state index in [0.717, 1.165) is 12.8 Å². The fraction of sp³-hybridized carbons (Fsp3) is 0.800. The second-order valence-corrected chi connectivity index (χ2v) is 4.30. The molecule has 1 aliphatic carbocycles. The summed E-state index contributed by atoms with van der Waals surface area (Å²) in [5.41, 5.74) is 0. The minimum atomic E-state index is 0.00607. The number of amides is 2. The van der Waals surface area contributed by atoms with E-state index in [2.05, 4.69) is 5.32 Å². The van der Waals surface area contributed by atoms with Crippen molar-refractivity contribution in [3.05, 3.63) is 0 Å². The van der Waals surface area contributed by atoms with Gasteiger partial charge in [0.1, 0.15) is 0 Å². The normalized spacial score (nSPS) is 15.2. The maximum absolute atomic E-state index is 11.4. The van der Waals surface area contributed by atoms with Crippen molar-refractivity contribution in [1.82, 2.24) is 15.1 Å².